The maximum absolute atomic E-state index is 14.0. The molecule has 190 valence electrons. The number of carbonyl (C=O) groups is 2. The predicted octanol–water partition coefficient (Wildman–Crippen LogP) is 4.03. The summed E-state index contributed by atoms with van der Waals surface area (Å²) in [7, 11) is 1.38. The van der Waals surface area contributed by atoms with Crippen LogP contribution in [0.5, 0.6) is 11.5 Å². The third-order valence-corrected chi connectivity index (χ3v) is 7.04. The van der Waals surface area contributed by atoms with E-state index in [0.717, 1.165) is 53.7 Å². The zero-order valence-corrected chi connectivity index (χ0v) is 21.1. The third kappa shape index (κ3) is 4.30. The summed E-state index contributed by atoms with van der Waals surface area (Å²) in [5.41, 5.74) is 3.78. The molecule has 0 saturated heterocycles. The van der Waals surface area contributed by atoms with Crippen LogP contribution in [0.1, 0.15) is 49.6 Å². The van der Waals surface area contributed by atoms with E-state index in [9.17, 15) is 9.59 Å². The molecule has 0 radical (unpaired) electrons. The molecule has 2 aliphatic rings. The van der Waals surface area contributed by atoms with Crippen LogP contribution in [0.2, 0.25) is 0 Å². The molecule has 0 fully saturated rings. The monoisotopic (exact) mass is 491 g/mol. The van der Waals surface area contributed by atoms with Crippen molar-refractivity contribution >= 4 is 22.8 Å². The molecule has 1 N–H and O–H groups in total. The normalized spacial score (nSPS) is 18.5. The van der Waals surface area contributed by atoms with Crippen molar-refractivity contribution in [2.45, 2.75) is 45.2 Å². The number of nitrogens with zero attached hydrogens (tertiary/aromatic N) is 2. The predicted molar refractivity (Wildman–Crippen MR) is 136 cm³/mol. The van der Waals surface area contributed by atoms with Gasteiger partial charge < -0.3 is 24.1 Å². The van der Waals surface area contributed by atoms with Gasteiger partial charge in [0.05, 0.1) is 19.7 Å². The number of fused-ring (bicyclic) bond motifs is 4. The summed E-state index contributed by atoms with van der Waals surface area (Å²) in [5.74, 6) is 0.795. The number of para-hydroxylation sites is 1. The van der Waals surface area contributed by atoms with Gasteiger partial charge in [-0.1, -0.05) is 38.1 Å². The minimum Gasteiger partial charge on any atom is -0.467 e. The van der Waals surface area contributed by atoms with Gasteiger partial charge >= 0.3 is 5.97 Å². The number of aromatic nitrogens is 1. The van der Waals surface area contributed by atoms with Gasteiger partial charge in [-0.2, -0.15) is 0 Å². The van der Waals surface area contributed by atoms with Gasteiger partial charge in [0, 0.05) is 23.0 Å². The molecule has 2 aromatic carbocycles. The van der Waals surface area contributed by atoms with Gasteiger partial charge in [0.1, 0.15) is 6.04 Å². The van der Waals surface area contributed by atoms with E-state index in [1.807, 2.05) is 36.4 Å². The minimum absolute atomic E-state index is 0.0979. The summed E-state index contributed by atoms with van der Waals surface area (Å²) in [6, 6.07) is 12.5. The lowest BCUT2D eigenvalue weighted by molar-refractivity contribution is -0.155. The smallest absolute Gasteiger partial charge is 0.328 e. The first kappa shape index (κ1) is 24.2. The van der Waals surface area contributed by atoms with Crippen LogP contribution >= 0.6 is 0 Å². The number of methoxy groups -OCH3 is 1. The second kappa shape index (κ2) is 10.2. The van der Waals surface area contributed by atoms with E-state index in [-0.39, 0.29) is 19.2 Å². The Morgan fingerprint density at radius 3 is 2.58 bits per heavy atom. The topological polar surface area (TPSA) is 84.1 Å². The zero-order chi connectivity index (χ0) is 25.2. The van der Waals surface area contributed by atoms with Gasteiger partial charge in [-0.15, -0.1) is 0 Å². The van der Waals surface area contributed by atoms with Gasteiger partial charge in [-0.3, -0.25) is 9.69 Å². The van der Waals surface area contributed by atoms with Crippen molar-refractivity contribution in [2.24, 2.45) is 0 Å². The van der Waals surface area contributed by atoms with Gasteiger partial charge in [0.15, 0.2) is 11.5 Å². The molecule has 0 aliphatic carbocycles. The molecular weight excluding hydrogens is 458 g/mol. The lowest BCUT2D eigenvalue weighted by Gasteiger charge is -2.41. The molecule has 0 saturated carbocycles. The summed E-state index contributed by atoms with van der Waals surface area (Å²) in [5, 5.41) is 1.05. The average Bonchev–Trinajstić information content (AvgIpc) is 3.51. The molecule has 2 atom stereocenters. The Bertz CT molecular complexity index is 1260. The van der Waals surface area contributed by atoms with E-state index in [1.165, 1.54) is 7.11 Å². The maximum atomic E-state index is 14.0. The van der Waals surface area contributed by atoms with E-state index >= 15 is 0 Å². The van der Waals surface area contributed by atoms with Crippen LogP contribution in [-0.2, 0) is 20.7 Å². The van der Waals surface area contributed by atoms with E-state index in [1.54, 1.807) is 4.90 Å². The number of ether oxygens (including phenoxy) is 3. The lowest BCUT2D eigenvalue weighted by atomic mass is 9.87. The average molecular weight is 492 g/mol. The molecule has 2 aliphatic heterocycles. The summed E-state index contributed by atoms with van der Waals surface area (Å²) in [6.45, 7) is 6.27. The second-order valence-electron chi connectivity index (χ2n) is 9.40. The Kier molecular flexibility index (Phi) is 6.87. The van der Waals surface area contributed by atoms with Crippen LogP contribution in [-0.4, -0.2) is 66.2 Å². The van der Waals surface area contributed by atoms with Crippen LogP contribution in [0.3, 0.4) is 0 Å². The molecule has 36 heavy (non-hydrogen) atoms. The van der Waals surface area contributed by atoms with Crippen LogP contribution in [0, 0.1) is 0 Å². The molecule has 3 aromatic rings. The molecule has 8 heteroatoms. The fraction of sp³-hybridized carbons (Fsp3) is 0.429. The molecule has 8 nitrogen and oxygen atoms in total. The first-order valence-corrected chi connectivity index (χ1v) is 12.7. The summed E-state index contributed by atoms with van der Waals surface area (Å²) in [6.07, 6.45) is 2.29. The molecule has 5 rings (SSSR count). The number of rotatable bonds is 8. The van der Waals surface area contributed by atoms with E-state index in [2.05, 4.69) is 29.8 Å². The number of nitrogens with one attached hydrogen (secondary N) is 1. The van der Waals surface area contributed by atoms with Crippen molar-refractivity contribution in [3.8, 4) is 11.5 Å². The number of amides is 1. The van der Waals surface area contributed by atoms with Crippen LogP contribution in [0.15, 0.2) is 42.5 Å². The van der Waals surface area contributed by atoms with E-state index in [0.29, 0.717) is 17.9 Å². The number of benzene rings is 2. The Morgan fingerprint density at radius 1 is 1.08 bits per heavy atom. The Labute approximate surface area is 211 Å². The number of hydrogen-bond acceptors (Lipinski definition) is 6. The van der Waals surface area contributed by atoms with E-state index in [4.69, 9.17) is 14.2 Å². The maximum Gasteiger partial charge on any atom is 0.328 e. The molecule has 3 heterocycles. The highest BCUT2D eigenvalue weighted by atomic mass is 16.7. The first-order chi connectivity index (χ1) is 17.5. The number of H-pyrrole nitrogens is 1. The van der Waals surface area contributed by atoms with Crippen molar-refractivity contribution in [3.63, 3.8) is 0 Å². The summed E-state index contributed by atoms with van der Waals surface area (Å²) >= 11 is 0. The van der Waals surface area contributed by atoms with Crippen molar-refractivity contribution in [1.29, 1.82) is 0 Å². The second-order valence-corrected chi connectivity index (χ2v) is 9.40. The quantitative estimate of drug-likeness (QED) is 0.479. The summed E-state index contributed by atoms with van der Waals surface area (Å²) < 4.78 is 16.4. The van der Waals surface area contributed by atoms with Crippen LogP contribution in [0.4, 0.5) is 0 Å². The van der Waals surface area contributed by atoms with Gasteiger partial charge in [0.25, 0.3) is 0 Å². The number of esters is 1. The molecule has 0 bridgehead atoms. The molecule has 0 spiro atoms. The molecule has 1 aromatic heterocycles. The Morgan fingerprint density at radius 2 is 1.83 bits per heavy atom. The first-order valence-electron chi connectivity index (χ1n) is 12.7. The fourth-order valence-electron chi connectivity index (χ4n) is 5.52. The molecule has 1 amide bonds. The number of carbonyl (C=O) groups excluding carboxylic acids is 2. The molecule has 0 unspecified atom stereocenters. The fourth-order valence-corrected chi connectivity index (χ4v) is 5.52. The largest absolute Gasteiger partial charge is 0.467 e. The Balaban J connectivity index is 1.65. The van der Waals surface area contributed by atoms with E-state index < -0.39 is 18.1 Å². The van der Waals surface area contributed by atoms with Gasteiger partial charge in [-0.25, -0.2) is 4.79 Å². The summed E-state index contributed by atoms with van der Waals surface area (Å²) in [4.78, 5) is 34.7. The standard InChI is InChI=1S/C28H33N3O5/c1-4-12-30(13-5-2)16-25(32)31-22(28(33)34-3)15-20-19-8-6-7-9-21(19)29-26(20)27(31)18-10-11-23-24(14-18)36-17-35-23/h6-11,14,22,27,29H,4-5,12-13,15-17H2,1-3H3/t22-,27-/m1/s1. The Hall–Kier alpha value is -3.52. The molecular formula is C28H33N3O5. The van der Waals surface area contributed by atoms with Gasteiger partial charge in [0.2, 0.25) is 12.7 Å². The van der Waals surface area contributed by atoms with Crippen molar-refractivity contribution in [1.82, 2.24) is 14.8 Å². The number of aromatic amines is 1. The highest BCUT2D eigenvalue weighted by molar-refractivity contribution is 5.91. The van der Waals surface area contributed by atoms with Crippen LogP contribution in [0.25, 0.3) is 10.9 Å². The minimum atomic E-state index is -0.741. The number of hydrogen-bond donors (Lipinski definition) is 1. The van der Waals surface area contributed by atoms with Gasteiger partial charge in [-0.05, 0) is 55.3 Å². The highest BCUT2D eigenvalue weighted by Crippen LogP contribution is 2.44. The van der Waals surface area contributed by atoms with Crippen molar-refractivity contribution in [3.05, 3.63) is 59.3 Å². The van der Waals surface area contributed by atoms with Crippen molar-refractivity contribution < 1.29 is 23.8 Å². The lowest BCUT2D eigenvalue weighted by Crippen LogP contribution is -2.54. The SMILES string of the molecule is CCCN(CCC)CC(=O)N1[C@H](c2ccc3c(c2)OCO3)c2[nH]c3ccccc3c2C[C@@H]1C(=O)OC. The zero-order valence-electron chi connectivity index (χ0n) is 21.1. The third-order valence-electron chi connectivity index (χ3n) is 7.04. The van der Waals surface area contributed by atoms with Crippen LogP contribution < -0.4 is 9.47 Å². The highest BCUT2D eigenvalue weighted by Gasteiger charge is 2.44. The van der Waals surface area contributed by atoms with Crippen molar-refractivity contribution in [2.75, 3.05) is 33.5 Å².